The second-order valence-corrected chi connectivity index (χ2v) is 9.96. The Balaban J connectivity index is 1.48. The van der Waals surface area contributed by atoms with E-state index in [-0.39, 0.29) is 39.8 Å². The van der Waals surface area contributed by atoms with Gasteiger partial charge in [0.1, 0.15) is 36.1 Å². The Labute approximate surface area is 241 Å². The molecule has 15 heteroatoms. The predicted molar refractivity (Wildman–Crippen MR) is 151 cm³/mol. The molecular weight excluding hydrogens is 575 g/mol. The number of anilines is 2. The molecule has 0 radical (unpaired) electrons. The van der Waals surface area contributed by atoms with Gasteiger partial charge in [0.2, 0.25) is 0 Å². The number of fused-ring (bicyclic) bond motifs is 1. The fourth-order valence-electron chi connectivity index (χ4n) is 4.18. The van der Waals surface area contributed by atoms with Crippen LogP contribution in [0, 0.1) is 0 Å². The first-order chi connectivity index (χ1) is 20.1. The van der Waals surface area contributed by atoms with Crippen LogP contribution in [0.4, 0.5) is 24.7 Å². The van der Waals surface area contributed by atoms with Crippen molar-refractivity contribution in [1.82, 2.24) is 34.5 Å². The van der Waals surface area contributed by atoms with Crippen LogP contribution in [-0.2, 0) is 0 Å². The maximum absolute atomic E-state index is 13.5. The minimum atomic E-state index is -3.04. The highest BCUT2D eigenvalue weighted by Gasteiger charge is 2.28. The molecular formula is C27H23ClF3N9O2. The van der Waals surface area contributed by atoms with E-state index in [0.717, 1.165) is 15.7 Å². The van der Waals surface area contributed by atoms with Gasteiger partial charge in [-0.1, -0.05) is 37.6 Å². The third kappa shape index (κ3) is 5.40. The number of pyridine rings is 1. The molecule has 5 aromatic rings. The second kappa shape index (κ2) is 11.6. The summed E-state index contributed by atoms with van der Waals surface area (Å²) in [7, 11) is 0. The van der Waals surface area contributed by atoms with Crippen molar-refractivity contribution in [2.24, 2.45) is 0 Å². The van der Waals surface area contributed by atoms with Crippen LogP contribution in [0.3, 0.4) is 0 Å². The number of amides is 1. The summed E-state index contributed by atoms with van der Waals surface area (Å²) in [6, 6.07) is 8.81. The van der Waals surface area contributed by atoms with Crippen molar-refractivity contribution in [1.29, 1.82) is 0 Å². The summed E-state index contributed by atoms with van der Waals surface area (Å²) in [5.74, 6) is -0.615. The van der Waals surface area contributed by atoms with Gasteiger partial charge in [0.15, 0.2) is 11.5 Å². The third-order valence-corrected chi connectivity index (χ3v) is 6.62. The van der Waals surface area contributed by atoms with Gasteiger partial charge in [0.05, 0.1) is 16.1 Å². The van der Waals surface area contributed by atoms with Crippen LogP contribution in [-0.4, -0.2) is 53.5 Å². The zero-order chi connectivity index (χ0) is 30.1. The van der Waals surface area contributed by atoms with Gasteiger partial charge < -0.3 is 11.1 Å². The van der Waals surface area contributed by atoms with Crippen LogP contribution >= 0.6 is 11.6 Å². The van der Waals surface area contributed by atoms with Crippen molar-refractivity contribution >= 4 is 40.0 Å². The second-order valence-electron chi connectivity index (χ2n) is 9.53. The fraction of sp³-hybridized carbons (Fsp3) is 0.222. The quantitative estimate of drug-likeness (QED) is 0.259. The topological polar surface area (TPSA) is 146 Å². The summed E-state index contributed by atoms with van der Waals surface area (Å²) in [4.78, 5) is 38.5. The van der Waals surface area contributed by atoms with E-state index in [9.17, 15) is 22.8 Å². The molecule has 4 aromatic heterocycles. The molecule has 11 nitrogen and oxygen atoms in total. The van der Waals surface area contributed by atoms with Crippen LogP contribution in [0.5, 0.6) is 0 Å². The van der Waals surface area contributed by atoms with Crippen molar-refractivity contribution in [2.45, 2.75) is 32.2 Å². The number of carbonyl (C=O) groups is 1. The Kier molecular flexibility index (Phi) is 7.89. The van der Waals surface area contributed by atoms with Crippen LogP contribution < -0.4 is 16.6 Å². The summed E-state index contributed by atoms with van der Waals surface area (Å²) >= 11 is 5.92. The summed E-state index contributed by atoms with van der Waals surface area (Å²) in [5.41, 5.74) is 6.52. The molecule has 1 aromatic carbocycles. The number of nitrogen functional groups attached to an aromatic ring is 1. The van der Waals surface area contributed by atoms with Crippen molar-refractivity contribution in [3.8, 4) is 17.1 Å². The molecule has 1 unspecified atom stereocenters. The van der Waals surface area contributed by atoms with Gasteiger partial charge in [0, 0.05) is 17.4 Å². The maximum Gasteiger partial charge on any atom is 0.285 e. The highest BCUT2D eigenvalue weighted by Crippen LogP contribution is 2.33. The monoisotopic (exact) mass is 597 g/mol. The molecule has 0 bridgehead atoms. The van der Waals surface area contributed by atoms with Gasteiger partial charge in [-0.25, -0.2) is 32.8 Å². The lowest BCUT2D eigenvalue weighted by Gasteiger charge is -2.13. The van der Waals surface area contributed by atoms with Gasteiger partial charge in [-0.15, -0.1) is 0 Å². The lowest BCUT2D eigenvalue weighted by Crippen LogP contribution is -2.31. The van der Waals surface area contributed by atoms with E-state index in [2.05, 4.69) is 30.5 Å². The number of hydrogen-bond acceptors (Lipinski definition) is 8. The molecule has 0 saturated carbocycles. The average molecular weight is 598 g/mol. The van der Waals surface area contributed by atoms with Gasteiger partial charge in [0.25, 0.3) is 17.9 Å². The highest BCUT2D eigenvalue weighted by molar-refractivity contribution is 6.30. The van der Waals surface area contributed by atoms with E-state index >= 15 is 0 Å². The predicted octanol–water partition coefficient (Wildman–Crippen LogP) is 4.82. The number of alkyl halides is 3. The average Bonchev–Trinajstić information content (AvgIpc) is 3.34. The Morgan fingerprint density at radius 2 is 1.81 bits per heavy atom. The number of rotatable bonds is 8. The largest absolute Gasteiger partial charge is 0.383 e. The minimum absolute atomic E-state index is 0.0180. The van der Waals surface area contributed by atoms with Crippen molar-refractivity contribution in [3.05, 3.63) is 81.6 Å². The van der Waals surface area contributed by atoms with Gasteiger partial charge >= 0.3 is 0 Å². The lowest BCUT2D eigenvalue weighted by molar-refractivity contribution is 0.0644. The zero-order valence-electron chi connectivity index (χ0n) is 22.2. The van der Waals surface area contributed by atoms with Gasteiger partial charge in [-0.2, -0.15) is 14.9 Å². The summed E-state index contributed by atoms with van der Waals surface area (Å²) < 4.78 is 42.4. The number of benzene rings is 1. The van der Waals surface area contributed by atoms with Gasteiger partial charge in [-0.05, 0) is 36.2 Å². The summed E-state index contributed by atoms with van der Waals surface area (Å²) in [5, 5.41) is 11.8. The first-order valence-corrected chi connectivity index (χ1v) is 13.0. The van der Waals surface area contributed by atoms with Crippen molar-refractivity contribution in [3.63, 3.8) is 0 Å². The maximum atomic E-state index is 13.5. The number of aromatic nitrogens is 7. The molecule has 216 valence electrons. The molecule has 42 heavy (non-hydrogen) atoms. The van der Waals surface area contributed by atoms with Crippen molar-refractivity contribution in [2.75, 3.05) is 17.7 Å². The van der Waals surface area contributed by atoms with Gasteiger partial charge in [-0.3, -0.25) is 9.59 Å². The first-order valence-electron chi connectivity index (χ1n) is 12.6. The van der Waals surface area contributed by atoms with Crippen LogP contribution in [0.25, 0.3) is 28.1 Å². The minimum Gasteiger partial charge on any atom is -0.383 e. The number of nitrogens with two attached hydrogens (primary N) is 1. The number of nitrogens with one attached hydrogen (secondary N) is 1. The van der Waals surface area contributed by atoms with Crippen LogP contribution in [0.15, 0.2) is 59.8 Å². The van der Waals surface area contributed by atoms with E-state index in [1.807, 2.05) is 13.8 Å². The fourth-order valence-corrected chi connectivity index (χ4v) is 4.30. The summed E-state index contributed by atoms with van der Waals surface area (Å²) in [6.07, 6.45) is -0.588. The Morgan fingerprint density at radius 1 is 1.07 bits per heavy atom. The normalized spacial score (nSPS) is 12.3. The molecule has 1 amide bonds. The number of nitrogens with zero attached hydrogens (tertiary/aromatic N) is 7. The molecule has 0 aliphatic rings. The van der Waals surface area contributed by atoms with E-state index in [1.54, 1.807) is 18.2 Å². The SMILES string of the molecule is CC(C)c1cc(C(=O)Nc2ccc(-c3nn(C(CF)C(F)F)c4ncnc(N)c34)cc2)c(=O)n(-c2ccc(Cl)cn2)n1. The molecule has 0 aliphatic carbocycles. The Bertz CT molecular complexity index is 1820. The molecule has 0 spiro atoms. The van der Waals surface area contributed by atoms with E-state index in [0.29, 0.717) is 22.0 Å². The first kappa shape index (κ1) is 28.7. The molecule has 5 rings (SSSR count). The highest BCUT2D eigenvalue weighted by atomic mass is 35.5. The van der Waals surface area contributed by atoms with E-state index in [1.165, 1.54) is 30.5 Å². The molecule has 1 atom stereocenters. The third-order valence-electron chi connectivity index (χ3n) is 6.39. The lowest BCUT2D eigenvalue weighted by atomic mass is 10.1. The smallest absolute Gasteiger partial charge is 0.285 e. The standard InChI is InChI=1S/C27H23ClF3N9O2/c1-13(2)18-9-17(27(42)40(37-18)20-8-5-15(28)11-33-20)26(41)36-16-6-3-14(4-7-16)22-21-24(32)34-12-35-25(21)39(38-22)19(10-29)23(30)31/h3-9,11-13,19,23H,10H2,1-2H3,(H,36,41)(H2,32,34,35). The molecule has 4 heterocycles. The summed E-state index contributed by atoms with van der Waals surface area (Å²) in [6.45, 7) is 2.37. The zero-order valence-corrected chi connectivity index (χ0v) is 22.9. The van der Waals surface area contributed by atoms with Crippen LogP contribution in [0.2, 0.25) is 5.02 Å². The number of halogens is 4. The molecule has 0 aliphatic heterocycles. The Hall–Kier alpha value is -4.85. The van der Waals surface area contributed by atoms with E-state index in [4.69, 9.17) is 17.3 Å². The number of hydrogen-bond donors (Lipinski definition) is 2. The van der Waals surface area contributed by atoms with E-state index < -0.39 is 30.6 Å². The van der Waals surface area contributed by atoms with Crippen molar-refractivity contribution < 1.29 is 18.0 Å². The Morgan fingerprint density at radius 3 is 2.43 bits per heavy atom. The number of carbonyl (C=O) groups excluding carboxylic acids is 1. The molecule has 0 fully saturated rings. The molecule has 0 saturated heterocycles. The molecule has 3 N–H and O–H groups in total. The van der Waals surface area contributed by atoms with Crippen LogP contribution in [0.1, 0.15) is 41.9 Å².